The van der Waals surface area contributed by atoms with E-state index in [2.05, 4.69) is 9.88 Å². The second-order valence-electron chi connectivity index (χ2n) is 6.84. The molecule has 1 aromatic carbocycles. The van der Waals surface area contributed by atoms with Crippen molar-refractivity contribution in [3.8, 4) is 5.75 Å². The predicted octanol–water partition coefficient (Wildman–Crippen LogP) is 3.11. The van der Waals surface area contributed by atoms with Crippen LogP contribution >= 0.6 is 0 Å². The van der Waals surface area contributed by atoms with E-state index in [-0.39, 0.29) is 5.91 Å². The molecule has 27 heavy (non-hydrogen) atoms. The first-order chi connectivity index (χ1) is 13.3. The Morgan fingerprint density at radius 2 is 1.89 bits per heavy atom. The highest BCUT2D eigenvalue weighted by Crippen LogP contribution is 2.25. The number of para-hydroxylation sites is 1. The molecule has 0 N–H and O–H groups in total. The van der Waals surface area contributed by atoms with Gasteiger partial charge in [0, 0.05) is 56.3 Å². The van der Waals surface area contributed by atoms with Crippen LogP contribution in [-0.4, -0.2) is 46.9 Å². The van der Waals surface area contributed by atoms with E-state index in [0.717, 1.165) is 50.5 Å². The van der Waals surface area contributed by atoms with Crippen LogP contribution in [0.5, 0.6) is 5.75 Å². The summed E-state index contributed by atoms with van der Waals surface area (Å²) in [6.07, 6.45) is 9.91. The van der Waals surface area contributed by atoms with E-state index in [1.807, 2.05) is 59.8 Å². The Balaban J connectivity index is 1.43. The Morgan fingerprint density at radius 3 is 2.78 bits per heavy atom. The zero-order chi connectivity index (χ0) is 18.5. The van der Waals surface area contributed by atoms with E-state index < -0.39 is 0 Å². The Morgan fingerprint density at radius 1 is 1.04 bits per heavy atom. The summed E-state index contributed by atoms with van der Waals surface area (Å²) in [5.74, 6) is 0.841. The maximum atomic E-state index is 13.1. The van der Waals surface area contributed by atoms with Crippen molar-refractivity contribution in [1.82, 2.24) is 14.8 Å². The summed E-state index contributed by atoms with van der Waals surface area (Å²) >= 11 is 0. The second-order valence-corrected chi connectivity index (χ2v) is 6.84. The molecule has 5 nitrogen and oxygen atoms in total. The minimum absolute atomic E-state index is 0.0670. The van der Waals surface area contributed by atoms with Crippen molar-refractivity contribution in [2.24, 2.45) is 0 Å². The van der Waals surface area contributed by atoms with E-state index in [4.69, 9.17) is 4.74 Å². The number of aromatic nitrogens is 1. The lowest BCUT2D eigenvalue weighted by atomic mass is 10.1. The molecule has 5 heteroatoms. The molecular weight excluding hydrogens is 338 g/mol. The van der Waals surface area contributed by atoms with Crippen molar-refractivity contribution < 1.29 is 9.53 Å². The normalized spacial score (nSPS) is 17.3. The van der Waals surface area contributed by atoms with Gasteiger partial charge in [-0.1, -0.05) is 18.2 Å². The number of hydrogen-bond donors (Lipinski definition) is 0. The number of ether oxygens (including phenoxy) is 1. The zero-order valence-corrected chi connectivity index (χ0v) is 15.3. The first-order valence-electron chi connectivity index (χ1n) is 9.34. The molecule has 1 aromatic heterocycles. The molecule has 0 radical (unpaired) electrons. The van der Waals surface area contributed by atoms with Gasteiger partial charge in [-0.05, 0) is 42.3 Å². The van der Waals surface area contributed by atoms with Crippen LogP contribution in [0.25, 0.3) is 6.08 Å². The minimum atomic E-state index is 0.0670. The number of carbonyl (C=O) groups excluding carboxylic acids is 1. The second kappa shape index (κ2) is 8.18. The molecule has 2 aliphatic heterocycles. The van der Waals surface area contributed by atoms with Crippen LogP contribution in [0, 0.1) is 0 Å². The van der Waals surface area contributed by atoms with E-state index in [1.165, 1.54) is 5.56 Å². The highest BCUT2D eigenvalue weighted by atomic mass is 16.5. The van der Waals surface area contributed by atoms with E-state index in [1.54, 1.807) is 12.3 Å². The van der Waals surface area contributed by atoms with Crippen LogP contribution in [0.15, 0.2) is 66.7 Å². The van der Waals surface area contributed by atoms with Gasteiger partial charge in [0.15, 0.2) is 0 Å². The minimum Gasteiger partial charge on any atom is -0.464 e. The zero-order valence-electron chi connectivity index (χ0n) is 15.3. The number of carbonyl (C=O) groups is 1. The topological polar surface area (TPSA) is 45.7 Å². The van der Waals surface area contributed by atoms with Gasteiger partial charge >= 0.3 is 0 Å². The van der Waals surface area contributed by atoms with Crippen molar-refractivity contribution in [3.63, 3.8) is 0 Å². The van der Waals surface area contributed by atoms with Gasteiger partial charge in [-0.25, -0.2) is 0 Å². The first-order valence-corrected chi connectivity index (χ1v) is 9.34. The SMILES string of the molecule is O=C(C1=Cc2ccccc2OC=C1)N1CCCN(Cc2ccncc2)CC1. The molecule has 4 rings (SSSR count). The third-order valence-electron chi connectivity index (χ3n) is 4.95. The summed E-state index contributed by atoms with van der Waals surface area (Å²) in [6.45, 7) is 4.27. The molecule has 3 heterocycles. The van der Waals surface area contributed by atoms with Crippen molar-refractivity contribution >= 4 is 12.0 Å². The van der Waals surface area contributed by atoms with Gasteiger partial charge in [-0.2, -0.15) is 0 Å². The number of amides is 1. The predicted molar refractivity (Wildman–Crippen MR) is 105 cm³/mol. The molecule has 2 aliphatic rings. The van der Waals surface area contributed by atoms with Gasteiger partial charge in [0.25, 0.3) is 5.91 Å². The van der Waals surface area contributed by atoms with Crippen molar-refractivity contribution in [2.75, 3.05) is 26.2 Å². The molecule has 0 aliphatic carbocycles. The average molecular weight is 361 g/mol. The van der Waals surface area contributed by atoms with Gasteiger partial charge in [-0.15, -0.1) is 0 Å². The fraction of sp³-hybridized carbons (Fsp3) is 0.273. The third kappa shape index (κ3) is 4.26. The number of benzene rings is 1. The van der Waals surface area contributed by atoms with Gasteiger partial charge < -0.3 is 9.64 Å². The molecule has 1 amide bonds. The van der Waals surface area contributed by atoms with Crippen molar-refractivity contribution in [3.05, 3.63) is 77.8 Å². The third-order valence-corrected chi connectivity index (χ3v) is 4.95. The largest absolute Gasteiger partial charge is 0.464 e. The van der Waals surface area contributed by atoms with Gasteiger partial charge in [0.05, 0.1) is 6.26 Å². The van der Waals surface area contributed by atoms with Gasteiger partial charge in [0.2, 0.25) is 0 Å². The molecule has 0 bridgehead atoms. The van der Waals surface area contributed by atoms with Gasteiger partial charge in [0.1, 0.15) is 5.75 Å². The molecule has 138 valence electrons. The van der Waals surface area contributed by atoms with Crippen LogP contribution in [0.2, 0.25) is 0 Å². The number of fused-ring (bicyclic) bond motifs is 1. The van der Waals surface area contributed by atoms with Crippen LogP contribution in [0.1, 0.15) is 17.5 Å². The summed E-state index contributed by atoms with van der Waals surface area (Å²) in [5.41, 5.74) is 2.86. The van der Waals surface area contributed by atoms with E-state index in [0.29, 0.717) is 5.57 Å². The highest BCUT2D eigenvalue weighted by Gasteiger charge is 2.22. The molecule has 0 unspecified atom stereocenters. The highest BCUT2D eigenvalue weighted by molar-refractivity contribution is 6.01. The van der Waals surface area contributed by atoms with Crippen LogP contribution in [0.4, 0.5) is 0 Å². The molecule has 0 saturated carbocycles. The molecule has 0 spiro atoms. The van der Waals surface area contributed by atoms with E-state index >= 15 is 0 Å². The molecule has 0 atom stereocenters. The monoisotopic (exact) mass is 361 g/mol. The molecular formula is C22H23N3O2. The quantitative estimate of drug-likeness (QED) is 0.843. The smallest absolute Gasteiger partial charge is 0.254 e. The van der Waals surface area contributed by atoms with Crippen LogP contribution in [-0.2, 0) is 11.3 Å². The Bertz CT molecular complexity index is 861. The standard InChI is InChI=1S/C22H23N3O2/c26-22(20-8-15-27-21-5-2-1-4-19(21)16-20)25-12-3-11-24(13-14-25)17-18-6-9-23-10-7-18/h1-2,4-10,15-16H,3,11-14,17H2. The average Bonchev–Trinajstić information content (AvgIpc) is 3.07. The summed E-state index contributed by atoms with van der Waals surface area (Å²) in [4.78, 5) is 21.5. The lowest BCUT2D eigenvalue weighted by Gasteiger charge is -2.22. The number of rotatable bonds is 3. The Labute approximate surface area is 159 Å². The summed E-state index contributed by atoms with van der Waals surface area (Å²) in [5, 5.41) is 0. The molecule has 2 aromatic rings. The summed E-state index contributed by atoms with van der Waals surface area (Å²) in [6, 6.07) is 11.9. The van der Waals surface area contributed by atoms with Crippen LogP contribution < -0.4 is 4.74 Å². The molecule has 1 saturated heterocycles. The van der Waals surface area contributed by atoms with Crippen molar-refractivity contribution in [2.45, 2.75) is 13.0 Å². The van der Waals surface area contributed by atoms with E-state index in [9.17, 15) is 4.79 Å². The Hall–Kier alpha value is -2.92. The maximum absolute atomic E-state index is 13.1. The van der Waals surface area contributed by atoms with Crippen LogP contribution in [0.3, 0.4) is 0 Å². The maximum Gasteiger partial charge on any atom is 0.254 e. The number of nitrogens with zero attached hydrogens (tertiary/aromatic N) is 3. The Kier molecular flexibility index (Phi) is 5.30. The number of hydrogen-bond acceptors (Lipinski definition) is 4. The summed E-state index contributed by atoms with van der Waals surface area (Å²) in [7, 11) is 0. The number of pyridine rings is 1. The lowest BCUT2D eigenvalue weighted by Crippen LogP contribution is -2.35. The summed E-state index contributed by atoms with van der Waals surface area (Å²) < 4.78 is 5.61. The fourth-order valence-corrected chi connectivity index (χ4v) is 3.50. The van der Waals surface area contributed by atoms with Gasteiger partial charge in [-0.3, -0.25) is 14.7 Å². The fourth-order valence-electron chi connectivity index (χ4n) is 3.50. The molecule has 1 fully saturated rings. The lowest BCUT2D eigenvalue weighted by molar-refractivity contribution is -0.126. The first kappa shape index (κ1) is 17.5. The van der Waals surface area contributed by atoms with Crippen molar-refractivity contribution in [1.29, 1.82) is 0 Å².